The van der Waals surface area contributed by atoms with E-state index in [9.17, 15) is 14.0 Å². The van der Waals surface area contributed by atoms with E-state index in [-0.39, 0.29) is 19.0 Å². The first-order chi connectivity index (χ1) is 17.8. The van der Waals surface area contributed by atoms with E-state index in [0.717, 1.165) is 22.8 Å². The van der Waals surface area contributed by atoms with Crippen molar-refractivity contribution in [1.29, 1.82) is 0 Å². The van der Waals surface area contributed by atoms with Gasteiger partial charge in [0.25, 0.3) is 0 Å². The number of benzene rings is 3. The van der Waals surface area contributed by atoms with Crippen molar-refractivity contribution in [2.24, 2.45) is 0 Å². The van der Waals surface area contributed by atoms with Gasteiger partial charge in [-0.15, -0.1) is 0 Å². The quantitative estimate of drug-likeness (QED) is 0.0961. The van der Waals surface area contributed by atoms with E-state index < -0.39 is 17.8 Å². The molecule has 0 amide bonds. The third-order valence-corrected chi connectivity index (χ3v) is 5.02. The lowest BCUT2D eigenvalue weighted by Crippen LogP contribution is -2.12. The summed E-state index contributed by atoms with van der Waals surface area (Å²) < 4.78 is 29.5. The van der Waals surface area contributed by atoms with Crippen LogP contribution in [-0.4, -0.2) is 25.2 Å². The van der Waals surface area contributed by atoms with Crippen LogP contribution in [0.4, 0.5) is 4.39 Å². The number of ether oxygens (including phenoxy) is 3. The van der Waals surface area contributed by atoms with Crippen LogP contribution in [0.25, 0.3) is 24.3 Å². The molecule has 3 aromatic rings. The summed E-state index contributed by atoms with van der Waals surface area (Å²) in [5, 5.41) is 0. The Morgan fingerprint density at radius 2 is 1.32 bits per heavy atom. The van der Waals surface area contributed by atoms with E-state index in [4.69, 9.17) is 14.2 Å². The van der Waals surface area contributed by atoms with Crippen LogP contribution in [0.2, 0.25) is 0 Å². The van der Waals surface area contributed by atoms with Gasteiger partial charge in [0.2, 0.25) is 0 Å². The van der Waals surface area contributed by atoms with Gasteiger partial charge in [-0.25, -0.2) is 14.0 Å². The van der Waals surface area contributed by atoms with Gasteiger partial charge in [0.1, 0.15) is 19.0 Å². The second kappa shape index (κ2) is 13.4. The highest BCUT2D eigenvalue weighted by Gasteiger charge is 2.07. The van der Waals surface area contributed by atoms with Crippen LogP contribution in [0.1, 0.15) is 29.2 Å². The Hall–Kier alpha value is -4.71. The first-order valence-electron chi connectivity index (χ1n) is 11.5. The van der Waals surface area contributed by atoms with Gasteiger partial charge >= 0.3 is 11.9 Å². The third-order valence-electron chi connectivity index (χ3n) is 5.02. The molecule has 37 heavy (non-hydrogen) atoms. The van der Waals surface area contributed by atoms with E-state index in [2.05, 4.69) is 13.2 Å². The summed E-state index contributed by atoms with van der Waals surface area (Å²) in [5.74, 6) is -1.21. The molecule has 0 saturated carbocycles. The van der Waals surface area contributed by atoms with Crippen LogP contribution in [0, 0.1) is 5.82 Å². The lowest BCUT2D eigenvalue weighted by Gasteiger charge is -2.07. The third kappa shape index (κ3) is 8.78. The minimum atomic E-state index is -0.710. The van der Waals surface area contributed by atoms with Gasteiger partial charge in [0.15, 0.2) is 11.6 Å². The van der Waals surface area contributed by atoms with Crippen molar-refractivity contribution in [1.82, 2.24) is 0 Å². The summed E-state index contributed by atoms with van der Waals surface area (Å²) >= 11 is 0. The summed E-state index contributed by atoms with van der Waals surface area (Å²) in [4.78, 5) is 22.6. The van der Waals surface area contributed by atoms with Gasteiger partial charge in [0, 0.05) is 11.6 Å². The van der Waals surface area contributed by atoms with Crippen molar-refractivity contribution < 1.29 is 28.2 Å². The summed E-state index contributed by atoms with van der Waals surface area (Å²) in [5.41, 5.74) is 3.98. The van der Waals surface area contributed by atoms with Gasteiger partial charge < -0.3 is 14.2 Å². The lowest BCUT2D eigenvalue weighted by molar-refractivity contribution is -0.139. The van der Waals surface area contributed by atoms with Crippen LogP contribution in [0.15, 0.2) is 91.5 Å². The highest BCUT2D eigenvalue weighted by atomic mass is 19.1. The Morgan fingerprint density at radius 1 is 0.811 bits per heavy atom. The van der Waals surface area contributed by atoms with Crippen LogP contribution in [-0.2, 0) is 14.3 Å². The molecular formula is C31H27FO5. The number of esters is 2. The lowest BCUT2D eigenvalue weighted by atomic mass is 10.1. The zero-order valence-corrected chi connectivity index (χ0v) is 20.5. The van der Waals surface area contributed by atoms with E-state index in [1.165, 1.54) is 12.1 Å². The summed E-state index contributed by atoms with van der Waals surface area (Å²) in [6.07, 6.45) is 8.62. The van der Waals surface area contributed by atoms with Crippen molar-refractivity contribution in [3.8, 4) is 11.5 Å². The molecule has 3 aromatic carbocycles. The number of halogens is 1. The van der Waals surface area contributed by atoms with Crippen LogP contribution >= 0.6 is 0 Å². The molecule has 0 bridgehead atoms. The van der Waals surface area contributed by atoms with E-state index in [1.807, 2.05) is 66.8 Å². The number of carbonyl (C=O) groups excluding carboxylic acids is 2. The van der Waals surface area contributed by atoms with Crippen LogP contribution in [0.5, 0.6) is 11.5 Å². The molecule has 0 unspecified atom stereocenters. The second-order valence-electron chi connectivity index (χ2n) is 7.98. The molecule has 0 heterocycles. The fraction of sp³-hybridized carbons (Fsp3) is 0.0968. The minimum absolute atomic E-state index is 0.137. The normalized spacial score (nSPS) is 10.9. The fourth-order valence-corrected chi connectivity index (χ4v) is 3.05. The van der Waals surface area contributed by atoms with Crippen LogP contribution in [0.3, 0.4) is 0 Å². The average Bonchev–Trinajstić information content (AvgIpc) is 2.91. The zero-order chi connectivity index (χ0) is 26.6. The average molecular weight is 499 g/mol. The maximum absolute atomic E-state index is 14.1. The number of rotatable bonds is 11. The van der Waals surface area contributed by atoms with Crippen LogP contribution < -0.4 is 9.47 Å². The number of hydrogen-bond donors (Lipinski definition) is 0. The van der Waals surface area contributed by atoms with Gasteiger partial charge in [-0.3, -0.25) is 0 Å². The maximum Gasteiger partial charge on any atom is 0.335 e. The van der Waals surface area contributed by atoms with E-state index in [1.54, 1.807) is 19.1 Å². The summed E-state index contributed by atoms with van der Waals surface area (Å²) in [7, 11) is 0. The topological polar surface area (TPSA) is 61.8 Å². The summed E-state index contributed by atoms with van der Waals surface area (Å²) in [6.45, 7) is 8.84. The van der Waals surface area contributed by atoms with Gasteiger partial charge in [0.05, 0.1) is 0 Å². The largest absolute Gasteiger partial charge is 0.490 e. The first-order valence-corrected chi connectivity index (χ1v) is 11.5. The zero-order valence-electron chi connectivity index (χ0n) is 20.5. The van der Waals surface area contributed by atoms with Crippen molar-refractivity contribution in [3.63, 3.8) is 0 Å². The highest BCUT2D eigenvalue weighted by Crippen LogP contribution is 2.20. The first kappa shape index (κ1) is 26.9. The highest BCUT2D eigenvalue weighted by molar-refractivity contribution is 5.87. The molecule has 0 aliphatic rings. The van der Waals surface area contributed by atoms with Gasteiger partial charge in [-0.2, -0.15) is 0 Å². The monoisotopic (exact) mass is 498 g/mol. The molecule has 0 aromatic heterocycles. The van der Waals surface area contributed by atoms with E-state index in [0.29, 0.717) is 16.9 Å². The molecular weight excluding hydrogens is 471 g/mol. The Labute approximate surface area is 215 Å². The van der Waals surface area contributed by atoms with Gasteiger partial charge in [-0.05, 0) is 53.4 Å². The summed E-state index contributed by atoms with van der Waals surface area (Å²) in [6, 6.07) is 19.8. The molecule has 188 valence electrons. The molecule has 0 aliphatic heterocycles. The molecule has 0 fully saturated rings. The molecule has 0 radical (unpaired) electrons. The van der Waals surface area contributed by atoms with Gasteiger partial charge in [-0.1, -0.05) is 79.9 Å². The molecule has 5 nitrogen and oxygen atoms in total. The van der Waals surface area contributed by atoms with Crippen molar-refractivity contribution >= 4 is 36.2 Å². The predicted molar refractivity (Wildman–Crippen MR) is 144 cm³/mol. The standard InChI is InChI=1S/C31H27FO5/c1-4-30(33)37-29-18-15-26(21-28(29)32)12-11-24-7-5-23(6-8-24)9-10-25-13-16-27(17-14-25)35-19-20-36-31(34)22(2)3/h4-18,21H,1-2,19-20H2,3H3/b10-9+,12-11+. The molecule has 0 saturated heterocycles. The minimum Gasteiger partial charge on any atom is -0.490 e. The molecule has 3 rings (SSSR count). The number of carbonyl (C=O) groups is 2. The SMILES string of the molecule is C=CC(=O)Oc1ccc(/C=C/c2ccc(/C=C/c3ccc(OCCOC(=O)C(=C)C)cc3)cc2)cc1F. The molecule has 0 spiro atoms. The van der Waals surface area contributed by atoms with E-state index >= 15 is 0 Å². The smallest absolute Gasteiger partial charge is 0.335 e. The molecule has 0 N–H and O–H groups in total. The van der Waals surface area contributed by atoms with Crippen molar-refractivity contribution in [2.45, 2.75) is 6.92 Å². The fourth-order valence-electron chi connectivity index (χ4n) is 3.05. The molecule has 6 heteroatoms. The predicted octanol–water partition coefficient (Wildman–Crippen LogP) is 6.76. The Balaban J connectivity index is 1.51. The molecule has 0 atom stereocenters. The Morgan fingerprint density at radius 3 is 1.84 bits per heavy atom. The maximum atomic E-state index is 14.1. The second-order valence-corrected chi connectivity index (χ2v) is 7.98. The van der Waals surface area contributed by atoms with Crippen molar-refractivity contribution in [3.05, 3.63) is 120 Å². The Kier molecular flexibility index (Phi) is 9.74. The Bertz CT molecular complexity index is 1320. The number of hydrogen-bond acceptors (Lipinski definition) is 5. The molecule has 0 aliphatic carbocycles. The van der Waals surface area contributed by atoms with Crippen molar-refractivity contribution in [2.75, 3.05) is 13.2 Å².